The highest BCUT2D eigenvalue weighted by Gasteiger charge is 2.15. The molecule has 0 saturated carbocycles. The van der Waals surface area contributed by atoms with Crippen LogP contribution in [0.3, 0.4) is 0 Å². The molecule has 0 bridgehead atoms. The summed E-state index contributed by atoms with van der Waals surface area (Å²) >= 11 is 3.03. The second kappa shape index (κ2) is 3.73. The molecule has 1 aromatic rings. The number of sulfonamides is 1. The zero-order valence-corrected chi connectivity index (χ0v) is 8.90. The smallest absolute Gasteiger partial charge is 0.225 e. The summed E-state index contributed by atoms with van der Waals surface area (Å²) in [6, 6.07) is 4.06. The largest absolute Gasteiger partial charge is 0.240 e. The van der Waals surface area contributed by atoms with E-state index >= 15 is 0 Å². The monoisotopic (exact) mass is 267 g/mol. The summed E-state index contributed by atoms with van der Waals surface area (Å²) in [5.74, 6) is -0.790. The van der Waals surface area contributed by atoms with Gasteiger partial charge >= 0.3 is 0 Å². The van der Waals surface area contributed by atoms with Crippen molar-refractivity contribution in [2.75, 3.05) is 0 Å². The van der Waals surface area contributed by atoms with Crippen LogP contribution in [0.4, 0.5) is 4.39 Å². The van der Waals surface area contributed by atoms with Crippen molar-refractivity contribution in [2.45, 2.75) is 10.2 Å². The van der Waals surface area contributed by atoms with Crippen LogP contribution in [-0.2, 0) is 15.4 Å². The van der Waals surface area contributed by atoms with E-state index < -0.39 is 20.7 Å². The zero-order chi connectivity index (χ0) is 10.1. The Morgan fingerprint density at radius 3 is 2.54 bits per heavy atom. The summed E-state index contributed by atoms with van der Waals surface area (Å²) in [7, 11) is -3.96. The second-order valence-electron chi connectivity index (χ2n) is 2.41. The topological polar surface area (TPSA) is 60.2 Å². The molecule has 0 fully saturated rings. The Kier molecular flexibility index (Phi) is 3.05. The van der Waals surface area contributed by atoms with E-state index in [9.17, 15) is 12.8 Å². The molecule has 0 aromatic heterocycles. The van der Waals surface area contributed by atoms with Gasteiger partial charge in [-0.25, -0.2) is 17.9 Å². The van der Waals surface area contributed by atoms with Gasteiger partial charge < -0.3 is 0 Å². The lowest BCUT2D eigenvalue weighted by atomic mass is 10.2. The van der Waals surface area contributed by atoms with E-state index in [-0.39, 0.29) is 10.9 Å². The first-order chi connectivity index (χ1) is 5.96. The van der Waals surface area contributed by atoms with Crippen molar-refractivity contribution in [1.82, 2.24) is 0 Å². The van der Waals surface area contributed by atoms with Crippen LogP contribution in [0.15, 0.2) is 23.1 Å². The Bertz CT molecular complexity index is 419. The first-order valence-corrected chi connectivity index (χ1v) is 5.99. The highest BCUT2D eigenvalue weighted by atomic mass is 79.9. The molecule has 0 saturated heterocycles. The molecule has 1 rings (SSSR count). The van der Waals surface area contributed by atoms with Crippen LogP contribution in [-0.4, -0.2) is 8.42 Å². The lowest BCUT2D eigenvalue weighted by Crippen LogP contribution is -2.14. The van der Waals surface area contributed by atoms with E-state index in [1.807, 2.05) is 0 Å². The van der Waals surface area contributed by atoms with Crippen LogP contribution in [0.5, 0.6) is 0 Å². The van der Waals surface area contributed by atoms with E-state index in [1.54, 1.807) is 0 Å². The molecule has 6 heteroatoms. The first-order valence-electron chi connectivity index (χ1n) is 3.33. The number of hydrogen-bond donors (Lipinski definition) is 1. The summed E-state index contributed by atoms with van der Waals surface area (Å²) in [5, 5.41) is 5.05. The Morgan fingerprint density at radius 2 is 2.08 bits per heavy atom. The summed E-state index contributed by atoms with van der Waals surface area (Å²) in [5.41, 5.74) is 0.270. The number of benzene rings is 1. The van der Waals surface area contributed by atoms with Crippen molar-refractivity contribution in [3.63, 3.8) is 0 Å². The zero-order valence-electron chi connectivity index (χ0n) is 6.50. The van der Waals surface area contributed by atoms with E-state index in [0.717, 1.165) is 6.07 Å². The van der Waals surface area contributed by atoms with Gasteiger partial charge in [-0.15, -0.1) is 0 Å². The fourth-order valence-electron chi connectivity index (χ4n) is 0.879. The minimum absolute atomic E-state index is 0.252. The molecule has 3 nitrogen and oxygen atoms in total. The van der Waals surface area contributed by atoms with Gasteiger partial charge in [0.15, 0.2) is 0 Å². The van der Waals surface area contributed by atoms with Crippen molar-refractivity contribution in [2.24, 2.45) is 5.14 Å². The molecule has 0 heterocycles. The molecular weight excluding hydrogens is 261 g/mol. The maximum atomic E-state index is 13.3. The molecule has 0 aliphatic heterocycles. The van der Waals surface area contributed by atoms with Crippen molar-refractivity contribution in [1.29, 1.82) is 0 Å². The van der Waals surface area contributed by atoms with Crippen LogP contribution >= 0.6 is 15.9 Å². The molecule has 0 aliphatic rings. The highest BCUT2D eigenvalue weighted by molar-refractivity contribution is 9.08. The minimum atomic E-state index is -3.96. The van der Waals surface area contributed by atoms with Gasteiger partial charge in [0.1, 0.15) is 10.7 Å². The molecule has 2 N–H and O–H groups in total. The van der Waals surface area contributed by atoms with Gasteiger partial charge in [0.25, 0.3) is 0 Å². The summed E-state index contributed by atoms with van der Waals surface area (Å²) in [6.45, 7) is 0. The van der Waals surface area contributed by atoms with Crippen LogP contribution in [0.25, 0.3) is 0 Å². The van der Waals surface area contributed by atoms with Crippen molar-refractivity contribution < 1.29 is 12.8 Å². The predicted octanol–water partition coefficient (Wildman–Crippen LogP) is 1.37. The van der Waals surface area contributed by atoms with Gasteiger partial charge in [-0.2, -0.15) is 0 Å². The molecule has 0 unspecified atom stereocenters. The van der Waals surface area contributed by atoms with E-state index in [4.69, 9.17) is 5.14 Å². The fraction of sp³-hybridized carbons (Fsp3) is 0.143. The van der Waals surface area contributed by atoms with Gasteiger partial charge in [-0.1, -0.05) is 28.1 Å². The van der Waals surface area contributed by atoms with Gasteiger partial charge in [-0.3, -0.25) is 0 Å². The first kappa shape index (κ1) is 10.6. The molecule has 0 atom stereocenters. The van der Waals surface area contributed by atoms with E-state index in [0.29, 0.717) is 0 Å². The van der Waals surface area contributed by atoms with E-state index in [1.165, 1.54) is 12.1 Å². The molecular formula is C7H7BrFNO2S. The normalized spacial score (nSPS) is 11.6. The van der Waals surface area contributed by atoms with Crippen molar-refractivity contribution in [3.8, 4) is 0 Å². The number of primary sulfonamides is 1. The van der Waals surface area contributed by atoms with Gasteiger partial charge in [-0.05, 0) is 11.6 Å². The highest BCUT2D eigenvalue weighted by Crippen LogP contribution is 2.18. The second-order valence-corrected chi connectivity index (χ2v) is 4.50. The van der Waals surface area contributed by atoms with Crippen LogP contribution in [0.1, 0.15) is 5.56 Å². The molecule has 13 heavy (non-hydrogen) atoms. The summed E-state index contributed by atoms with van der Waals surface area (Å²) < 4.78 is 35.0. The molecule has 1 aromatic carbocycles. The lowest BCUT2D eigenvalue weighted by Gasteiger charge is -2.03. The summed E-state index contributed by atoms with van der Waals surface area (Å²) in [4.78, 5) is -0.468. The third kappa shape index (κ3) is 2.26. The lowest BCUT2D eigenvalue weighted by molar-refractivity contribution is 0.562. The molecule has 0 aliphatic carbocycles. The van der Waals surface area contributed by atoms with E-state index in [2.05, 4.69) is 15.9 Å². The number of halogens is 2. The quantitative estimate of drug-likeness (QED) is 0.823. The summed E-state index contributed by atoms with van der Waals surface area (Å²) in [6.07, 6.45) is 0. The Labute approximate surface area is 83.9 Å². The number of alkyl halides is 1. The Balaban J connectivity index is 3.41. The molecule has 0 radical (unpaired) electrons. The van der Waals surface area contributed by atoms with Gasteiger partial charge in [0.2, 0.25) is 10.0 Å². The third-order valence-electron chi connectivity index (χ3n) is 1.49. The standard InChI is InChI=1S/C7H7BrFNO2S/c8-4-5-2-1-3-6(7(5)9)13(10,11)12/h1-3H,4H2,(H2,10,11,12). The predicted molar refractivity (Wildman–Crippen MR) is 50.4 cm³/mol. The van der Waals surface area contributed by atoms with Crippen LogP contribution in [0.2, 0.25) is 0 Å². The van der Waals surface area contributed by atoms with Crippen molar-refractivity contribution in [3.05, 3.63) is 29.6 Å². The maximum Gasteiger partial charge on any atom is 0.240 e. The average molecular weight is 268 g/mol. The average Bonchev–Trinajstić information content (AvgIpc) is 2.02. The Morgan fingerprint density at radius 1 is 1.46 bits per heavy atom. The van der Waals surface area contributed by atoms with Crippen LogP contribution in [0, 0.1) is 5.82 Å². The molecule has 0 spiro atoms. The Hall–Kier alpha value is -0.460. The number of nitrogens with two attached hydrogens (primary N) is 1. The number of hydrogen-bond acceptors (Lipinski definition) is 2. The van der Waals surface area contributed by atoms with Crippen LogP contribution < -0.4 is 5.14 Å². The minimum Gasteiger partial charge on any atom is -0.225 e. The van der Waals surface area contributed by atoms with Gasteiger partial charge in [0.05, 0.1) is 0 Å². The van der Waals surface area contributed by atoms with Crippen molar-refractivity contribution >= 4 is 26.0 Å². The van der Waals surface area contributed by atoms with Gasteiger partial charge in [0, 0.05) is 5.33 Å². The number of rotatable bonds is 2. The molecule has 72 valence electrons. The molecule has 0 amide bonds. The fourth-order valence-corrected chi connectivity index (χ4v) is 1.96. The SMILES string of the molecule is NS(=O)(=O)c1cccc(CBr)c1F. The third-order valence-corrected chi connectivity index (χ3v) is 3.03. The maximum absolute atomic E-state index is 13.3.